The highest BCUT2D eigenvalue weighted by atomic mass is 28.3. The standard InChI is InChI=1S/C14H31NSi/c1-6-10-15(11-7-2)12-9-14-16(4,5)13-8-3/h9,12H,6-8,10-11,13-14H2,1-5H3. The van der Waals surface area contributed by atoms with Crippen LogP contribution in [0.3, 0.4) is 0 Å². The summed E-state index contributed by atoms with van der Waals surface area (Å²) in [5.74, 6) is 0. The molecule has 2 heteroatoms. The third-order valence-electron chi connectivity index (χ3n) is 2.94. The lowest BCUT2D eigenvalue weighted by Gasteiger charge is -2.22. The van der Waals surface area contributed by atoms with E-state index in [1.54, 1.807) is 0 Å². The van der Waals surface area contributed by atoms with Gasteiger partial charge in [0.1, 0.15) is 0 Å². The van der Waals surface area contributed by atoms with Crippen molar-refractivity contribution >= 4 is 8.07 Å². The zero-order valence-corrected chi connectivity index (χ0v) is 13.1. The summed E-state index contributed by atoms with van der Waals surface area (Å²) in [5.41, 5.74) is 0. The van der Waals surface area contributed by atoms with Crippen LogP contribution in [0.4, 0.5) is 0 Å². The SMILES string of the molecule is CCCN(C=CC[Si](C)(C)CCC)CCC. The van der Waals surface area contributed by atoms with Crippen LogP contribution < -0.4 is 0 Å². The number of nitrogens with zero attached hydrogens (tertiary/aromatic N) is 1. The second-order valence-electron chi connectivity index (χ2n) is 5.54. The average Bonchev–Trinajstić information content (AvgIpc) is 2.18. The molecular weight excluding hydrogens is 210 g/mol. The van der Waals surface area contributed by atoms with E-state index in [9.17, 15) is 0 Å². The fourth-order valence-electron chi connectivity index (χ4n) is 2.13. The third kappa shape index (κ3) is 7.97. The van der Waals surface area contributed by atoms with E-state index in [2.05, 4.69) is 51.0 Å². The van der Waals surface area contributed by atoms with Crippen LogP contribution in [0.25, 0.3) is 0 Å². The second-order valence-corrected chi connectivity index (χ2v) is 10.8. The summed E-state index contributed by atoms with van der Waals surface area (Å²) in [7, 11) is -0.930. The first-order valence-corrected chi connectivity index (χ1v) is 10.4. The van der Waals surface area contributed by atoms with Gasteiger partial charge >= 0.3 is 0 Å². The molecule has 0 heterocycles. The molecule has 0 rings (SSSR count). The van der Waals surface area contributed by atoms with E-state index in [1.807, 2.05) is 0 Å². The lowest BCUT2D eigenvalue weighted by Crippen LogP contribution is -2.24. The Morgan fingerprint density at radius 3 is 1.94 bits per heavy atom. The maximum Gasteiger partial charge on any atom is 0.0511 e. The molecule has 0 aliphatic heterocycles. The van der Waals surface area contributed by atoms with Crippen molar-refractivity contribution in [2.75, 3.05) is 13.1 Å². The van der Waals surface area contributed by atoms with Gasteiger partial charge in [0, 0.05) is 13.1 Å². The first-order valence-electron chi connectivity index (χ1n) is 6.96. The lowest BCUT2D eigenvalue weighted by molar-refractivity contribution is 0.375. The molecule has 0 fully saturated rings. The van der Waals surface area contributed by atoms with Gasteiger partial charge in [0.05, 0.1) is 8.07 Å². The van der Waals surface area contributed by atoms with Crippen LogP contribution in [0.5, 0.6) is 0 Å². The first kappa shape index (κ1) is 15.8. The van der Waals surface area contributed by atoms with Crippen molar-refractivity contribution in [2.45, 2.75) is 65.2 Å². The zero-order valence-electron chi connectivity index (χ0n) is 12.1. The largest absolute Gasteiger partial charge is 0.378 e. The Kier molecular flexibility index (Phi) is 8.72. The summed E-state index contributed by atoms with van der Waals surface area (Å²) < 4.78 is 0. The Labute approximate surface area is 104 Å². The summed E-state index contributed by atoms with van der Waals surface area (Å²) in [6.07, 6.45) is 8.62. The van der Waals surface area contributed by atoms with Crippen molar-refractivity contribution in [3.63, 3.8) is 0 Å². The molecule has 0 spiro atoms. The molecule has 0 saturated heterocycles. The van der Waals surface area contributed by atoms with Crippen LogP contribution in [-0.2, 0) is 0 Å². The van der Waals surface area contributed by atoms with E-state index in [1.165, 1.54) is 44.4 Å². The van der Waals surface area contributed by atoms with Gasteiger partial charge in [-0.25, -0.2) is 0 Å². The minimum absolute atomic E-state index is 0.930. The first-order chi connectivity index (χ1) is 7.55. The van der Waals surface area contributed by atoms with Crippen molar-refractivity contribution in [2.24, 2.45) is 0 Å². The van der Waals surface area contributed by atoms with Gasteiger partial charge in [-0.2, -0.15) is 0 Å². The van der Waals surface area contributed by atoms with E-state index in [4.69, 9.17) is 0 Å². The van der Waals surface area contributed by atoms with Crippen LogP contribution >= 0.6 is 0 Å². The minimum Gasteiger partial charge on any atom is -0.378 e. The third-order valence-corrected chi connectivity index (χ3v) is 6.13. The van der Waals surface area contributed by atoms with Crippen LogP contribution in [0, 0.1) is 0 Å². The molecule has 0 aliphatic carbocycles. The Balaban J connectivity index is 4.02. The van der Waals surface area contributed by atoms with E-state index < -0.39 is 8.07 Å². The molecular formula is C14H31NSi. The number of allylic oxidation sites excluding steroid dienone is 1. The zero-order chi connectivity index (χ0) is 12.4. The molecule has 0 aromatic heterocycles. The van der Waals surface area contributed by atoms with Gasteiger partial charge < -0.3 is 4.90 Å². The Morgan fingerprint density at radius 1 is 0.938 bits per heavy atom. The Hall–Kier alpha value is -0.243. The van der Waals surface area contributed by atoms with Crippen LogP contribution in [0.15, 0.2) is 12.3 Å². The van der Waals surface area contributed by atoms with Crippen molar-refractivity contribution in [3.8, 4) is 0 Å². The van der Waals surface area contributed by atoms with Gasteiger partial charge in [-0.15, -0.1) is 0 Å². The lowest BCUT2D eigenvalue weighted by atomic mass is 10.4. The minimum atomic E-state index is -0.930. The molecule has 1 nitrogen and oxygen atoms in total. The summed E-state index contributed by atoms with van der Waals surface area (Å²) in [5, 5.41) is 0. The fraction of sp³-hybridized carbons (Fsp3) is 0.857. The molecule has 0 saturated carbocycles. The highest BCUT2D eigenvalue weighted by molar-refractivity contribution is 6.77. The van der Waals surface area contributed by atoms with Gasteiger partial charge in [0.25, 0.3) is 0 Å². The fourth-order valence-corrected chi connectivity index (χ4v) is 4.44. The summed E-state index contributed by atoms with van der Waals surface area (Å²) >= 11 is 0. The van der Waals surface area contributed by atoms with Gasteiger partial charge in [-0.3, -0.25) is 0 Å². The van der Waals surface area contributed by atoms with Gasteiger partial charge in [0.15, 0.2) is 0 Å². The molecule has 0 unspecified atom stereocenters. The highest BCUT2D eigenvalue weighted by Gasteiger charge is 2.16. The molecule has 16 heavy (non-hydrogen) atoms. The quantitative estimate of drug-likeness (QED) is 0.527. The van der Waals surface area contributed by atoms with E-state index in [0.717, 1.165) is 0 Å². The molecule has 0 aromatic carbocycles. The molecule has 0 aliphatic rings. The topological polar surface area (TPSA) is 3.24 Å². The van der Waals surface area contributed by atoms with Crippen molar-refractivity contribution in [1.82, 2.24) is 4.90 Å². The Bertz CT molecular complexity index is 181. The van der Waals surface area contributed by atoms with Crippen LogP contribution in [0.2, 0.25) is 25.2 Å². The normalized spacial score (nSPS) is 12.3. The monoisotopic (exact) mass is 241 g/mol. The van der Waals surface area contributed by atoms with Crippen molar-refractivity contribution in [1.29, 1.82) is 0 Å². The van der Waals surface area contributed by atoms with Crippen molar-refractivity contribution < 1.29 is 0 Å². The predicted octanol–water partition coefficient (Wildman–Crippen LogP) is 4.74. The van der Waals surface area contributed by atoms with E-state index in [0.29, 0.717) is 0 Å². The average molecular weight is 241 g/mol. The summed E-state index contributed by atoms with van der Waals surface area (Å²) in [4.78, 5) is 2.47. The summed E-state index contributed by atoms with van der Waals surface area (Å²) in [6, 6.07) is 2.80. The second kappa shape index (κ2) is 8.86. The number of rotatable bonds is 9. The molecule has 96 valence electrons. The number of hydrogen-bond donors (Lipinski definition) is 0. The predicted molar refractivity (Wildman–Crippen MR) is 78.7 cm³/mol. The molecule has 0 atom stereocenters. The van der Waals surface area contributed by atoms with Crippen molar-refractivity contribution in [3.05, 3.63) is 12.3 Å². The van der Waals surface area contributed by atoms with Gasteiger partial charge in [0.2, 0.25) is 0 Å². The maximum absolute atomic E-state index is 2.50. The van der Waals surface area contributed by atoms with Gasteiger partial charge in [-0.1, -0.05) is 52.4 Å². The van der Waals surface area contributed by atoms with E-state index >= 15 is 0 Å². The summed E-state index contributed by atoms with van der Waals surface area (Å²) in [6.45, 7) is 14.2. The number of hydrogen-bond acceptors (Lipinski definition) is 1. The Morgan fingerprint density at radius 2 is 1.50 bits per heavy atom. The molecule has 0 aromatic rings. The molecule has 0 amide bonds. The van der Waals surface area contributed by atoms with Crippen LogP contribution in [-0.4, -0.2) is 26.1 Å². The molecule has 0 N–H and O–H groups in total. The van der Waals surface area contributed by atoms with Crippen LogP contribution in [0.1, 0.15) is 40.0 Å². The molecule has 0 radical (unpaired) electrons. The smallest absolute Gasteiger partial charge is 0.0511 e. The van der Waals surface area contributed by atoms with E-state index in [-0.39, 0.29) is 0 Å². The van der Waals surface area contributed by atoms with Gasteiger partial charge in [-0.05, 0) is 25.1 Å². The maximum atomic E-state index is 2.50. The highest BCUT2D eigenvalue weighted by Crippen LogP contribution is 2.17. The molecule has 0 bridgehead atoms.